The van der Waals surface area contributed by atoms with Gasteiger partial charge in [0.15, 0.2) is 6.61 Å². The van der Waals surface area contributed by atoms with Crippen LogP contribution in [0.25, 0.3) is 6.08 Å². The van der Waals surface area contributed by atoms with Crippen molar-refractivity contribution in [3.05, 3.63) is 83.7 Å². The Hall–Kier alpha value is -3.01. The average molecular weight is 514 g/mol. The van der Waals surface area contributed by atoms with Crippen molar-refractivity contribution in [1.29, 1.82) is 0 Å². The number of ether oxygens (including phenoxy) is 1. The molecular formula is C24H20ClN3O4S2. The third-order valence-corrected chi connectivity index (χ3v) is 7.99. The first-order valence-electron chi connectivity index (χ1n) is 10.8. The number of nitro groups is 1. The molecule has 2 aromatic heterocycles. The Labute approximate surface area is 209 Å². The zero-order valence-corrected chi connectivity index (χ0v) is 20.3. The van der Waals surface area contributed by atoms with Crippen LogP contribution in [0.1, 0.15) is 35.1 Å². The van der Waals surface area contributed by atoms with Gasteiger partial charge in [0.05, 0.1) is 21.7 Å². The van der Waals surface area contributed by atoms with Crippen molar-refractivity contribution in [3.8, 4) is 5.75 Å². The van der Waals surface area contributed by atoms with Gasteiger partial charge in [-0.05, 0) is 59.9 Å². The number of halogens is 1. The standard InChI is InChI=1S/C24H20ClN3O4S2/c25-19-13-16(28(30)31)8-9-20(19)32-14-22(29)27-24(21-7-3-11-34-21)18-6-1-4-15(23(18)26-27)12-17-5-2-10-33-17/h2-3,5,7-13,18,24H,1,4,6,14H2/b15-12+. The predicted molar refractivity (Wildman–Crippen MR) is 135 cm³/mol. The van der Waals surface area contributed by atoms with E-state index < -0.39 is 4.92 Å². The van der Waals surface area contributed by atoms with Gasteiger partial charge in [0.25, 0.3) is 11.6 Å². The zero-order chi connectivity index (χ0) is 23.7. The van der Waals surface area contributed by atoms with Gasteiger partial charge in [0, 0.05) is 27.8 Å². The molecule has 1 fully saturated rings. The van der Waals surface area contributed by atoms with Crippen LogP contribution in [-0.2, 0) is 4.79 Å². The second-order valence-corrected chi connectivity index (χ2v) is 10.4. The highest BCUT2D eigenvalue weighted by atomic mass is 35.5. The molecule has 1 saturated carbocycles. The number of thiophene rings is 2. The fraction of sp³-hybridized carbons (Fsp3) is 0.250. The Kier molecular flexibility index (Phi) is 6.49. The van der Waals surface area contributed by atoms with Gasteiger partial charge < -0.3 is 4.74 Å². The van der Waals surface area contributed by atoms with Crippen LogP contribution in [0.5, 0.6) is 5.75 Å². The van der Waals surface area contributed by atoms with Crippen LogP contribution in [-0.4, -0.2) is 28.2 Å². The Morgan fingerprint density at radius 2 is 2.09 bits per heavy atom. The molecule has 7 nitrogen and oxygen atoms in total. The van der Waals surface area contributed by atoms with E-state index in [9.17, 15) is 14.9 Å². The number of amides is 1. The molecule has 34 heavy (non-hydrogen) atoms. The number of nitro benzene ring substituents is 1. The normalized spacial score (nSPS) is 20.8. The lowest BCUT2D eigenvalue weighted by Gasteiger charge is -2.28. The Morgan fingerprint density at radius 1 is 1.26 bits per heavy atom. The Morgan fingerprint density at radius 3 is 2.79 bits per heavy atom. The summed E-state index contributed by atoms with van der Waals surface area (Å²) >= 11 is 9.42. The second-order valence-electron chi connectivity index (χ2n) is 8.03. The Bertz CT molecular complexity index is 1270. The zero-order valence-electron chi connectivity index (χ0n) is 17.9. The SMILES string of the molecule is O=C(COc1ccc([N+](=O)[O-])cc1Cl)N1N=C2/C(=C/c3cccs3)CCCC2C1c1cccs1. The molecule has 0 saturated heterocycles. The summed E-state index contributed by atoms with van der Waals surface area (Å²) in [5.41, 5.74) is 2.01. The van der Waals surface area contributed by atoms with E-state index in [1.807, 2.05) is 29.0 Å². The number of carbonyl (C=O) groups excluding carboxylic acids is 1. The smallest absolute Gasteiger partial charge is 0.281 e. The number of hydrogen-bond donors (Lipinski definition) is 0. The van der Waals surface area contributed by atoms with E-state index in [0.29, 0.717) is 0 Å². The van der Waals surface area contributed by atoms with Crippen LogP contribution in [0.15, 0.2) is 63.9 Å². The highest BCUT2D eigenvalue weighted by molar-refractivity contribution is 7.11. The molecule has 2 atom stereocenters. The van der Waals surface area contributed by atoms with Crippen LogP contribution in [0.3, 0.4) is 0 Å². The third kappa shape index (κ3) is 4.51. The van der Waals surface area contributed by atoms with Crippen LogP contribution in [0.4, 0.5) is 5.69 Å². The molecule has 174 valence electrons. The first-order valence-corrected chi connectivity index (χ1v) is 12.9. The maximum Gasteiger partial charge on any atom is 0.281 e. The number of rotatable bonds is 6. The molecular weight excluding hydrogens is 494 g/mol. The van der Waals surface area contributed by atoms with Gasteiger partial charge in [0.2, 0.25) is 0 Å². The van der Waals surface area contributed by atoms with E-state index in [0.717, 1.165) is 29.9 Å². The number of carbonyl (C=O) groups is 1. The van der Waals surface area contributed by atoms with Crippen molar-refractivity contribution in [2.45, 2.75) is 25.3 Å². The number of hydrogen-bond acceptors (Lipinski definition) is 7. The van der Waals surface area contributed by atoms with Crippen molar-refractivity contribution in [2.75, 3.05) is 6.61 Å². The number of benzene rings is 1. The van der Waals surface area contributed by atoms with E-state index >= 15 is 0 Å². The van der Waals surface area contributed by atoms with Crippen LogP contribution >= 0.6 is 34.3 Å². The molecule has 1 aliphatic heterocycles. The molecule has 1 aromatic carbocycles. The Balaban J connectivity index is 1.41. The minimum atomic E-state index is -0.532. The molecule has 0 N–H and O–H groups in total. The summed E-state index contributed by atoms with van der Waals surface area (Å²) in [6.45, 7) is -0.271. The molecule has 3 heterocycles. The third-order valence-electron chi connectivity index (χ3n) is 5.93. The maximum absolute atomic E-state index is 13.3. The number of allylic oxidation sites excluding steroid dienone is 1. The number of fused-ring (bicyclic) bond motifs is 1. The van der Waals surface area contributed by atoms with Crippen molar-refractivity contribution < 1.29 is 14.5 Å². The molecule has 5 rings (SSSR count). The summed E-state index contributed by atoms with van der Waals surface area (Å²) in [6, 6.07) is 11.9. The topological polar surface area (TPSA) is 85.0 Å². The minimum Gasteiger partial charge on any atom is -0.482 e. The molecule has 2 aliphatic rings. The summed E-state index contributed by atoms with van der Waals surface area (Å²) in [4.78, 5) is 26.0. The van der Waals surface area contributed by atoms with Crippen LogP contribution in [0, 0.1) is 16.0 Å². The number of nitrogens with zero attached hydrogens (tertiary/aromatic N) is 3. The van der Waals surface area contributed by atoms with Crippen molar-refractivity contribution in [2.24, 2.45) is 11.0 Å². The monoisotopic (exact) mass is 513 g/mol. The molecule has 3 aromatic rings. The van der Waals surface area contributed by atoms with E-state index in [1.165, 1.54) is 28.6 Å². The first-order chi connectivity index (χ1) is 16.5. The summed E-state index contributed by atoms with van der Waals surface area (Å²) in [5.74, 6) is 0.0616. The lowest BCUT2D eigenvalue weighted by atomic mass is 9.79. The first kappa shape index (κ1) is 22.8. The van der Waals surface area contributed by atoms with Gasteiger partial charge in [-0.25, -0.2) is 5.01 Å². The number of hydrazone groups is 1. The van der Waals surface area contributed by atoms with E-state index in [1.54, 1.807) is 27.7 Å². The van der Waals surface area contributed by atoms with E-state index in [-0.39, 0.29) is 40.9 Å². The fourth-order valence-electron chi connectivity index (χ4n) is 4.42. The molecule has 10 heteroatoms. The van der Waals surface area contributed by atoms with E-state index in [2.05, 4.69) is 12.1 Å². The largest absolute Gasteiger partial charge is 0.482 e. The summed E-state index contributed by atoms with van der Waals surface area (Å²) in [5, 5.41) is 21.4. The van der Waals surface area contributed by atoms with Crippen molar-refractivity contribution in [3.63, 3.8) is 0 Å². The second kappa shape index (κ2) is 9.69. The molecule has 0 spiro atoms. The van der Waals surface area contributed by atoms with E-state index in [4.69, 9.17) is 21.4 Å². The molecule has 0 bridgehead atoms. The molecule has 0 radical (unpaired) electrons. The van der Waals surface area contributed by atoms with Crippen molar-refractivity contribution >= 4 is 57.7 Å². The van der Waals surface area contributed by atoms with Crippen LogP contribution < -0.4 is 4.74 Å². The van der Waals surface area contributed by atoms with Gasteiger partial charge in [-0.15, -0.1) is 22.7 Å². The van der Waals surface area contributed by atoms with Gasteiger partial charge >= 0.3 is 0 Å². The van der Waals surface area contributed by atoms with Gasteiger partial charge in [-0.1, -0.05) is 23.7 Å². The summed E-state index contributed by atoms with van der Waals surface area (Å²) in [6.07, 6.45) is 5.12. The predicted octanol–water partition coefficient (Wildman–Crippen LogP) is 6.57. The molecule has 1 amide bonds. The maximum atomic E-state index is 13.3. The highest BCUT2D eigenvalue weighted by Gasteiger charge is 2.44. The number of non-ortho nitro benzene ring substituents is 1. The average Bonchev–Trinajstić information content (AvgIpc) is 3.58. The minimum absolute atomic E-state index is 0.0828. The fourth-order valence-corrected chi connectivity index (χ4v) is 6.20. The van der Waals surface area contributed by atoms with Gasteiger partial charge in [-0.3, -0.25) is 14.9 Å². The quantitative estimate of drug-likeness (QED) is 0.275. The lowest BCUT2D eigenvalue weighted by molar-refractivity contribution is -0.384. The lowest BCUT2D eigenvalue weighted by Crippen LogP contribution is -2.34. The summed E-state index contributed by atoms with van der Waals surface area (Å²) < 4.78 is 5.65. The highest BCUT2D eigenvalue weighted by Crippen LogP contribution is 2.45. The van der Waals surface area contributed by atoms with Gasteiger partial charge in [0.1, 0.15) is 5.75 Å². The van der Waals surface area contributed by atoms with Crippen molar-refractivity contribution in [1.82, 2.24) is 5.01 Å². The summed E-state index contributed by atoms with van der Waals surface area (Å²) in [7, 11) is 0. The molecule has 2 unspecified atom stereocenters. The van der Waals surface area contributed by atoms with Gasteiger partial charge in [-0.2, -0.15) is 5.10 Å². The molecule has 1 aliphatic carbocycles. The van der Waals surface area contributed by atoms with Crippen LogP contribution in [0.2, 0.25) is 5.02 Å².